The van der Waals surface area contributed by atoms with Crippen LogP contribution in [0.4, 0.5) is 9.18 Å². The Bertz CT molecular complexity index is 567. The van der Waals surface area contributed by atoms with E-state index < -0.39 is 0 Å². The smallest absolute Gasteiger partial charge is 0.409 e. The number of carbonyl (C=O) groups is 1. The number of carbonyl (C=O) groups excluding carboxylic acids is 1. The Morgan fingerprint density at radius 1 is 1.04 bits per heavy atom. The van der Waals surface area contributed by atoms with E-state index in [9.17, 15) is 9.18 Å². The van der Waals surface area contributed by atoms with Crippen molar-refractivity contribution in [1.82, 2.24) is 14.7 Å². The normalized spacial score (nSPS) is 20.8. The van der Waals surface area contributed by atoms with Crippen LogP contribution < -0.4 is 0 Å². The molecule has 3 rings (SSSR count). The minimum absolute atomic E-state index is 0.186. The van der Waals surface area contributed by atoms with Crippen molar-refractivity contribution in [3.05, 3.63) is 35.6 Å². The van der Waals surface area contributed by atoms with Crippen LogP contribution >= 0.6 is 0 Å². The number of hydrogen-bond acceptors (Lipinski definition) is 4. The zero-order chi connectivity index (χ0) is 18.4. The summed E-state index contributed by atoms with van der Waals surface area (Å²) in [5.74, 6) is -0.186. The Labute approximate surface area is 155 Å². The van der Waals surface area contributed by atoms with Crippen LogP contribution in [-0.4, -0.2) is 73.2 Å². The lowest BCUT2D eigenvalue weighted by Crippen LogP contribution is -2.51. The van der Waals surface area contributed by atoms with E-state index in [1.807, 2.05) is 19.1 Å². The Morgan fingerprint density at radius 2 is 1.69 bits per heavy atom. The summed E-state index contributed by atoms with van der Waals surface area (Å²) in [4.78, 5) is 18.6. The Balaban J connectivity index is 1.63. The van der Waals surface area contributed by atoms with E-state index in [4.69, 9.17) is 4.74 Å². The molecule has 2 fully saturated rings. The molecule has 0 N–H and O–H groups in total. The maximum Gasteiger partial charge on any atom is 0.409 e. The Hall–Kier alpha value is -1.66. The zero-order valence-corrected chi connectivity index (χ0v) is 15.7. The number of rotatable bonds is 5. The fraction of sp³-hybridized carbons (Fsp3) is 0.650. The quantitative estimate of drug-likeness (QED) is 0.805. The highest BCUT2D eigenvalue weighted by Crippen LogP contribution is 2.26. The van der Waals surface area contributed by atoms with Gasteiger partial charge >= 0.3 is 6.09 Å². The number of piperidine rings is 1. The van der Waals surface area contributed by atoms with Gasteiger partial charge in [0.25, 0.3) is 0 Å². The summed E-state index contributed by atoms with van der Waals surface area (Å²) in [6, 6.07) is 7.24. The summed E-state index contributed by atoms with van der Waals surface area (Å²) in [6.45, 7) is 8.48. The monoisotopic (exact) mass is 363 g/mol. The highest BCUT2D eigenvalue weighted by atomic mass is 19.1. The van der Waals surface area contributed by atoms with Crippen molar-refractivity contribution in [1.29, 1.82) is 0 Å². The van der Waals surface area contributed by atoms with E-state index in [2.05, 4.69) is 9.80 Å². The number of piperazine rings is 1. The third kappa shape index (κ3) is 4.95. The van der Waals surface area contributed by atoms with Gasteiger partial charge < -0.3 is 9.64 Å². The number of nitrogens with zero attached hydrogens (tertiary/aromatic N) is 3. The van der Waals surface area contributed by atoms with Crippen LogP contribution in [0.1, 0.15) is 37.8 Å². The van der Waals surface area contributed by atoms with Crippen LogP contribution in [0.25, 0.3) is 0 Å². The van der Waals surface area contributed by atoms with Crippen LogP contribution in [0.3, 0.4) is 0 Å². The van der Waals surface area contributed by atoms with Gasteiger partial charge in [-0.25, -0.2) is 9.18 Å². The molecule has 2 aliphatic heterocycles. The molecule has 144 valence electrons. The summed E-state index contributed by atoms with van der Waals surface area (Å²) in [7, 11) is 0. The van der Waals surface area contributed by atoms with Gasteiger partial charge in [-0.3, -0.25) is 9.80 Å². The van der Waals surface area contributed by atoms with Crippen molar-refractivity contribution in [2.45, 2.75) is 32.2 Å². The minimum Gasteiger partial charge on any atom is -0.450 e. The number of ether oxygens (including phenoxy) is 1. The van der Waals surface area contributed by atoms with Crippen LogP contribution in [0, 0.1) is 5.82 Å². The molecular weight excluding hydrogens is 333 g/mol. The average molecular weight is 363 g/mol. The summed E-state index contributed by atoms with van der Waals surface area (Å²) in [6.07, 6.45) is 3.55. The standard InChI is InChI=1S/C20H30FN3O2/c1-2-26-20(25)24-14-12-22(13-15-24)16-19(23-10-4-3-5-11-23)17-6-8-18(21)9-7-17/h6-9,19H,2-5,10-16H2,1H3. The van der Waals surface area contributed by atoms with E-state index in [0.717, 1.165) is 32.7 Å². The van der Waals surface area contributed by atoms with Gasteiger partial charge in [-0.15, -0.1) is 0 Å². The first-order valence-electron chi connectivity index (χ1n) is 9.81. The van der Waals surface area contributed by atoms with Crippen molar-refractivity contribution in [3.63, 3.8) is 0 Å². The summed E-state index contributed by atoms with van der Waals surface area (Å²) >= 11 is 0. The maximum atomic E-state index is 13.4. The highest BCUT2D eigenvalue weighted by molar-refractivity contribution is 5.67. The second-order valence-electron chi connectivity index (χ2n) is 7.15. The molecule has 1 aromatic rings. The van der Waals surface area contributed by atoms with Gasteiger partial charge in [0.15, 0.2) is 0 Å². The lowest BCUT2D eigenvalue weighted by atomic mass is 10.0. The Morgan fingerprint density at radius 3 is 2.31 bits per heavy atom. The van der Waals surface area contributed by atoms with Gasteiger partial charge in [0, 0.05) is 38.8 Å². The summed E-state index contributed by atoms with van der Waals surface area (Å²) < 4.78 is 18.5. The van der Waals surface area contributed by atoms with Crippen molar-refractivity contribution in [2.75, 3.05) is 52.4 Å². The molecule has 0 aliphatic carbocycles. The lowest BCUT2D eigenvalue weighted by molar-refractivity contribution is 0.0626. The molecule has 1 aromatic carbocycles. The van der Waals surface area contributed by atoms with Crippen molar-refractivity contribution in [2.24, 2.45) is 0 Å². The number of amides is 1. The molecule has 2 heterocycles. The second kappa shape index (κ2) is 9.33. The SMILES string of the molecule is CCOC(=O)N1CCN(CC(c2ccc(F)cc2)N2CCCCC2)CC1. The van der Waals surface area contributed by atoms with Crippen molar-refractivity contribution in [3.8, 4) is 0 Å². The summed E-state index contributed by atoms with van der Waals surface area (Å²) in [5.41, 5.74) is 1.18. The van der Waals surface area contributed by atoms with Gasteiger partial charge in [0.05, 0.1) is 6.61 Å². The highest BCUT2D eigenvalue weighted by Gasteiger charge is 2.28. The van der Waals surface area contributed by atoms with Gasteiger partial charge in [0.1, 0.15) is 5.82 Å². The van der Waals surface area contributed by atoms with Gasteiger partial charge in [-0.05, 0) is 50.6 Å². The lowest BCUT2D eigenvalue weighted by Gasteiger charge is -2.40. The first-order chi connectivity index (χ1) is 12.7. The number of halogens is 1. The largest absolute Gasteiger partial charge is 0.450 e. The van der Waals surface area contributed by atoms with E-state index in [1.54, 1.807) is 17.0 Å². The molecule has 26 heavy (non-hydrogen) atoms. The first-order valence-corrected chi connectivity index (χ1v) is 9.81. The topological polar surface area (TPSA) is 36.0 Å². The Kier molecular flexibility index (Phi) is 6.86. The predicted molar refractivity (Wildman–Crippen MR) is 99.6 cm³/mol. The maximum absolute atomic E-state index is 13.4. The van der Waals surface area contributed by atoms with E-state index in [-0.39, 0.29) is 18.0 Å². The fourth-order valence-corrected chi connectivity index (χ4v) is 3.92. The zero-order valence-electron chi connectivity index (χ0n) is 15.7. The molecule has 0 spiro atoms. The molecule has 0 bridgehead atoms. The van der Waals surface area contributed by atoms with Crippen LogP contribution in [0.5, 0.6) is 0 Å². The molecule has 1 unspecified atom stereocenters. The molecule has 0 saturated carbocycles. The molecule has 6 heteroatoms. The molecule has 2 aliphatic rings. The van der Waals surface area contributed by atoms with Crippen LogP contribution in [-0.2, 0) is 4.74 Å². The minimum atomic E-state index is -0.210. The van der Waals surface area contributed by atoms with E-state index in [0.29, 0.717) is 19.7 Å². The molecule has 5 nitrogen and oxygen atoms in total. The third-order valence-corrected chi connectivity index (χ3v) is 5.42. The number of hydrogen-bond donors (Lipinski definition) is 0. The number of benzene rings is 1. The van der Waals surface area contributed by atoms with Gasteiger partial charge in [0.2, 0.25) is 0 Å². The molecule has 0 radical (unpaired) electrons. The molecule has 1 amide bonds. The third-order valence-electron chi connectivity index (χ3n) is 5.42. The second-order valence-corrected chi connectivity index (χ2v) is 7.15. The first kappa shape index (κ1) is 19.1. The summed E-state index contributed by atoms with van der Waals surface area (Å²) in [5, 5.41) is 0. The van der Waals surface area contributed by atoms with E-state index in [1.165, 1.54) is 24.8 Å². The van der Waals surface area contributed by atoms with Crippen LogP contribution in [0.2, 0.25) is 0 Å². The molecule has 1 atom stereocenters. The molecule has 2 saturated heterocycles. The molecular formula is C20H30FN3O2. The average Bonchev–Trinajstić information content (AvgIpc) is 2.68. The van der Waals surface area contributed by atoms with E-state index >= 15 is 0 Å². The molecule has 0 aromatic heterocycles. The number of likely N-dealkylation sites (tertiary alicyclic amines) is 1. The van der Waals surface area contributed by atoms with Gasteiger partial charge in [-0.1, -0.05) is 18.6 Å². The van der Waals surface area contributed by atoms with Crippen LogP contribution in [0.15, 0.2) is 24.3 Å². The van der Waals surface area contributed by atoms with Gasteiger partial charge in [-0.2, -0.15) is 0 Å². The predicted octanol–water partition coefficient (Wildman–Crippen LogP) is 3.13. The van der Waals surface area contributed by atoms with Crippen molar-refractivity contribution < 1.29 is 13.9 Å². The fourth-order valence-electron chi connectivity index (χ4n) is 3.92. The van der Waals surface area contributed by atoms with Crippen molar-refractivity contribution >= 4 is 6.09 Å².